The SMILES string of the molecule is Cc1cc(OCCNc2ccc(Cl)cc2C(=O)O)ccc1Cl. The second-order valence-corrected chi connectivity index (χ2v) is 5.52. The minimum absolute atomic E-state index is 0.134. The zero-order valence-corrected chi connectivity index (χ0v) is 13.4. The van der Waals surface area contributed by atoms with E-state index < -0.39 is 5.97 Å². The van der Waals surface area contributed by atoms with Crippen LogP contribution in [0.25, 0.3) is 0 Å². The summed E-state index contributed by atoms with van der Waals surface area (Å²) in [5.41, 5.74) is 1.58. The number of carboxylic acid groups (broad SMARTS) is 1. The number of anilines is 1. The largest absolute Gasteiger partial charge is 0.492 e. The van der Waals surface area contributed by atoms with Crippen LogP contribution in [0.5, 0.6) is 5.75 Å². The topological polar surface area (TPSA) is 58.6 Å². The van der Waals surface area contributed by atoms with Crippen molar-refractivity contribution in [1.82, 2.24) is 0 Å². The van der Waals surface area contributed by atoms with Crippen molar-refractivity contribution in [2.75, 3.05) is 18.5 Å². The zero-order valence-electron chi connectivity index (χ0n) is 11.9. The summed E-state index contributed by atoms with van der Waals surface area (Å²) in [6, 6.07) is 10.1. The van der Waals surface area contributed by atoms with E-state index >= 15 is 0 Å². The van der Waals surface area contributed by atoms with Crippen molar-refractivity contribution in [3.05, 3.63) is 57.6 Å². The second-order valence-electron chi connectivity index (χ2n) is 4.68. The molecule has 0 atom stereocenters. The maximum absolute atomic E-state index is 11.2. The van der Waals surface area contributed by atoms with E-state index in [1.54, 1.807) is 24.3 Å². The first-order chi connectivity index (χ1) is 10.5. The van der Waals surface area contributed by atoms with Crippen molar-refractivity contribution in [3.63, 3.8) is 0 Å². The Bertz CT molecular complexity index is 689. The van der Waals surface area contributed by atoms with Crippen molar-refractivity contribution < 1.29 is 14.6 Å². The average Bonchev–Trinajstić information content (AvgIpc) is 2.48. The summed E-state index contributed by atoms with van der Waals surface area (Å²) >= 11 is 11.8. The number of carboxylic acids is 1. The Hall–Kier alpha value is -1.91. The van der Waals surface area contributed by atoms with Crippen LogP contribution < -0.4 is 10.1 Å². The van der Waals surface area contributed by atoms with Gasteiger partial charge in [-0.2, -0.15) is 0 Å². The second kappa shape index (κ2) is 7.38. The molecule has 2 aromatic rings. The highest BCUT2D eigenvalue weighted by atomic mass is 35.5. The zero-order chi connectivity index (χ0) is 16.1. The van der Waals surface area contributed by atoms with Gasteiger partial charge in [0.2, 0.25) is 0 Å². The standard InChI is InChI=1S/C16H15Cl2NO3/c1-10-8-12(3-4-14(10)18)22-7-6-19-15-5-2-11(17)9-13(15)16(20)21/h2-5,8-9,19H,6-7H2,1H3,(H,20,21). The number of hydrogen-bond acceptors (Lipinski definition) is 3. The Kier molecular flexibility index (Phi) is 5.52. The molecule has 0 saturated heterocycles. The lowest BCUT2D eigenvalue weighted by molar-refractivity contribution is 0.0698. The van der Waals surface area contributed by atoms with Crippen molar-refractivity contribution in [3.8, 4) is 5.75 Å². The minimum atomic E-state index is -1.03. The Morgan fingerprint density at radius 2 is 2.00 bits per heavy atom. The van der Waals surface area contributed by atoms with Gasteiger partial charge in [-0.25, -0.2) is 4.79 Å². The van der Waals surface area contributed by atoms with Crippen LogP contribution in [0.3, 0.4) is 0 Å². The molecule has 116 valence electrons. The molecule has 0 heterocycles. The van der Waals surface area contributed by atoms with Crippen LogP contribution in [0.2, 0.25) is 10.0 Å². The summed E-state index contributed by atoms with van der Waals surface area (Å²) in [4.78, 5) is 11.2. The van der Waals surface area contributed by atoms with Gasteiger partial charge in [-0.05, 0) is 48.9 Å². The lowest BCUT2D eigenvalue weighted by Crippen LogP contribution is -2.14. The number of carbonyl (C=O) groups is 1. The van der Waals surface area contributed by atoms with Crippen LogP contribution in [0.15, 0.2) is 36.4 Å². The molecule has 0 saturated carbocycles. The van der Waals surface area contributed by atoms with Crippen molar-refractivity contribution >= 4 is 34.9 Å². The minimum Gasteiger partial charge on any atom is -0.492 e. The molecule has 0 bridgehead atoms. The summed E-state index contributed by atoms with van der Waals surface area (Å²) in [5.74, 6) is -0.308. The molecule has 2 rings (SSSR count). The summed E-state index contributed by atoms with van der Waals surface area (Å²) < 4.78 is 5.59. The van der Waals surface area contributed by atoms with Crippen LogP contribution in [-0.2, 0) is 0 Å². The summed E-state index contributed by atoms with van der Waals surface area (Å²) in [6.45, 7) is 2.76. The van der Waals surface area contributed by atoms with E-state index in [-0.39, 0.29) is 5.56 Å². The van der Waals surface area contributed by atoms with Crippen LogP contribution in [-0.4, -0.2) is 24.2 Å². The fourth-order valence-electron chi connectivity index (χ4n) is 1.91. The average molecular weight is 340 g/mol. The molecule has 0 radical (unpaired) electrons. The molecule has 22 heavy (non-hydrogen) atoms. The quantitative estimate of drug-likeness (QED) is 0.761. The van der Waals surface area contributed by atoms with E-state index in [2.05, 4.69) is 5.32 Å². The monoisotopic (exact) mass is 339 g/mol. The van der Waals surface area contributed by atoms with Gasteiger partial charge in [0.1, 0.15) is 12.4 Å². The smallest absolute Gasteiger partial charge is 0.337 e. The maximum Gasteiger partial charge on any atom is 0.337 e. The van der Waals surface area contributed by atoms with E-state index in [1.807, 2.05) is 13.0 Å². The number of aromatic carboxylic acids is 1. The predicted octanol–water partition coefficient (Wildman–Crippen LogP) is 4.49. The molecular formula is C16H15Cl2NO3. The molecule has 0 unspecified atom stereocenters. The number of halogens is 2. The number of benzene rings is 2. The van der Waals surface area contributed by atoms with Crippen LogP contribution in [0.1, 0.15) is 15.9 Å². The first kappa shape index (κ1) is 16.5. The number of nitrogens with one attached hydrogen (secondary N) is 1. The fourth-order valence-corrected chi connectivity index (χ4v) is 2.20. The number of ether oxygens (including phenoxy) is 1. The highest BCUT2D eigenvalue weighted by molar-refractivity contribution is 6.31. The Labute approximate surface area is 138 Å². The molecule has 0 aromatic heterocycles. The van der Waals surface area contributed by atoms with Gasteiger partial charge in [-0.15, -0.1) is 0 Å². The highest BCUT2D eigenvalue weighted by Gasteiger charge is 2.10. The third kappa shape index (κ3) is 4.29. The number of aryl methyl sites for hydroxylation is 1. The van der Waals surface area contributed by atoms with Crippen LogP contribution in [0, 0.1) is 6.92 Å². The van der Waals surface area contributed by atoms with Gasteiger partial charge >= 0.3 is 5.97 Å². The third-order valence-corrected chi connectivity index (χ3v) is 3.69. The molecule has 0 fully saturated rings. The fraction of sp³-hybridized carbons (Fsp3) is 0.188. The Balaban J connectivity index is 1.91. The van der Waals surface area contributed by atoms with Gasteiger partial charge in [-0.3, -0.25) is 0 Å². The summed E-state index contributed by atoms with van der Waals surface area (Å²) in [7, 11) is 0. The summed E-state index contributed by atoms with van der Waals surface area (Å²) in [5, 5.41) is 13.2. The van der Waals surface area contributed by atoms with E-state index in [1.165, 1.54) is 6.07 Å². The molecule has 0 aliphatic rings. The van der Waals surface area contributed by atoms with Gasteiger partial charge in [-0.1, -0.05) is 23.2 Å². The molecule has 0 aliphatic heterocycles. The first-order valence-electron chi connectivity index (χ1n) is 6.63. The lowest BCUT2D eigenvalue weighted by atomic mass is 10.2. The van der Waals surface area contributed by atoms with Crippen LogP contribution >= 0.6 is 23.2 Å². The molecule has 0 aliphatic carbocycles. The first-order valence-corrected chi connectivity index (χ1v) is 7.38. The van der Waals surface area contributed by atoms with Crippen molar-refractivity contribution in [2.24, 2.45) is 0 Å². The molecular weight excluding hydrogens is 325 g/mol. The molecule has 2 aromatic carbocycles. The number of rotatable bonds is 6. The van der Waals surface area contributed by atoms with E-state index in [0.29, 0.717) is 28.9 Å². The summed E-state index contributed by atoms with van der Waals surface area (Å²) in [6.07, 6.45) is 0. The number of hydrogen-bond donors (Lipinski definition) is 2. The van der Waals surface area contributed by atoms with E-state index in [4.69, 9.17) is 33.0 Å². The van der Waals surface area contributed by atoms with Gasteiger partial charge in [0.05, 0.1) is 5.56 Å². The van der Waals surface area contributed by atoms with Crippen molar-refractivity contribution in [2.45, 2.75) is 6.92 Å². The molecule has 2 N–H and O–H groups in total. The normalized spacial score (nSPS) is 10.3. The van der Waals surface area contributed by atoms with Gasteiger partial charge < -0.3 is 15.2 Å². The molecule has 6 heteroatoms. The van der Waals surface area contributed by atoms with Gasteiger partial charge in [0, 0.05) is 22.3 Å². The molecule has 0 spiro atoms. The van der Waals surface area contributed by atoms with Crippen LogP contribution in [0.4, 0.5) is 5.69 Å². The van der Waals surface area contributed by atoms with Gasteiger partial charge in [0.25, 0.3) is 0 Å². The van der Waals surface area contributed by atoms with E-state index in [0.717, 1.165) is 11.3 Å². The predicted molar refractivity (Wildman–Crippen MR) is 88.6 cm³/mol. The molecule has 4 nitrogen and oxygen atoms in total. The highest BCUT2D eigenvalue weighted by Crippen LogP contribution is 2.22. The molecule has 0 amide bonds. The van der Waals surface area contributed by atoms with Gasteiger partial charge in [0.15, 0.2) is 0 Å². The van der Waals surface area contributed by atoms with E-state index in [9.17, 15) is 4.79 Å². The lowest BCUT2D eigenvalue weighted by Gasteiger charge is -2.11. The third-order valence-electron chi connectivity index (χ3n) is 3.03. The Morgan fingerprint density at radius 3 is 2.68 bits per heavy atom. The van der Waals surface area contributed by atoms with Crippen molar-refractivity contribution in [1.29, 1.82) is 0 Å². The maximum atomic E-state index is 11.2. The Morgan fingerprint density at radius 1 is 1.23 bits per heavy atom.